The van der Waals surface area contributed by atoms with Crippen LogP contribution in [0.3, 0.4) is 0 Å². The van der Waals surface area contributed by atoms with Gasteiger partial charge in [0.25, 0.3) is 11.5 Å². The fourth-order valence-corrected chi connectivity index (χ4v) is 5.54. The van der Waals surface area contributed by atoms with Crippen molar-refractivity contribution < 1.29 is 40.4 Å². The number of amides is 1. The van der Waals surface area contributed by atoms with Crippen LogP contribution in [0.25, 0.3) is 0 Å². The van der Waals surface area contributed by atoms with E-state index in [1.54, 1.807) is 0 Å². The van der Waals surface area contributed by atoms with Crippen LogP contribution in [0, 0.1) is 24.1 Å². The lowest BCUT2D eigenvalue weighted by Gasteiger charge is -2.30. The second kappa shape index (κ2) is 9.83. The van der Waals surface area contributed by atoms with Gasteiger partial charge in [-0.1, -0.05) is 16.8 Å². The smallest absolute Gasteiger partial charge is 0.374 e. The summed E-state index contributed by atoms with van der Waals surface area (Å²) in [5.41, 5.74) is -6.43. The number of aryl methyl sites for hydroxylation is 1. The summed E-state index contributed by atoms with van der Waals surface area (Å²) in [6, 6.07) is 3.40. The normalized spacial score (nSPS) is 17.6. The maximum atomic E-state index is 14.7. The molecular formula is C22H12ClF7N4O2S2. The van der Waals surface area contributed by atoms with E-state index in [1.807, 2.05) is 6.07 Å². The summed E-state index contributed by atoms with van der Waals surface area (Å²) in [7, 11) is 0. The van der Waals surface area contributed by atoms with Crippen LogP contribution >= 0.6 is 34.3 Å². The number of carbonyl (C=O) groups is 1. The van der Waals surface area contributed by atoms with Crippen molar-refractivity contribution in [3.8, 4) is 6.07 Å². The summed E-state index contributed by atoms with van der Waals surface area (Å²) >= 11 is 7.43. The Balaban J connectivity index is 1.63. The van der Waals surface area contributed by atoms with Gasteiger partial charge in [0, 0.05) is 10.9 Å². The van der Waals surface area contributed by atoms with E-state index in [2.05, 4.69) is 20.3 Å². The van der Waals surface area contributed by atoms with E-state index in [0.717, 1.165) is 22.7 Å². The van der Waals surface area contributed by atoms with Gasteiger partial charge in [0.15, 0.2) is 5.69 Å². The van der Waals surface area contributed by atoms with Crippen molar-refractivity contribution in [3.63, 3.8) is 0 Å². The third kappa shape index (κ3) is 5.07. The molecule has 1 N–H and O–H groups in total. The minimum absolute atomic E-state index is 0.00203. The van der Waals surface area contributed by atoms with Gasteiger partial charge in [-0.25, -0.2) is 9.37 Å². The highest BCUT2D eigenvalue weighted by molar-refractivity contribution is 7.16. The number of hydrogen-bond acceptors (Lipinski definition) is 7. The molecule has 0 radical (unpaired) electrons. The second-order valence-corrected chi connectivity index (χ2v) is 10.4. The van der Waals surface area contributed by atoms with Gasteiger partial charge in [-0.2, -0.15) is 31.6 Å². The Morgan fingerprint density at radius 3 is 2.58 bits per heavy atom. The van der Waals surface area contributed by atoms with Gasteiger partial charge in [0.05, 0.1) is 33.3 Å². The summed E-state index contributed by atoms with van der Waals surface area (Å²) in [5, 5.41) is 15.6. The molecule has 1 aliphatic rings. The summed E-state index contributed by atoms with van der Waals surface area (Å²) in [6.45, 7) is 1.51. The number of nitriles is 1. The average molecular weight is 597 g/mol. The number of hydrogen-bond donors (Lipinski definition) is 1. The second-order valence-electron chi connectivity index (χ2n) is 7.99. The Hall–Kier alpha value is -3.22. The lowest BCUT2D eigenvalue weighted by atomic mass is 9.86. The quantitative estimate of drug-likeness (QED) is 0.332. The molecule has 1 aliphatic heterocycles. The van der Waals surface area contributed by atoms with E-state index in [-0.39, 0.29) is 39.8 Å². The molecule has 200 valence electrons. The van der Waals surface area contributed by atoms with Crippen LogP contribution < -0.4 is 5.32 Å². The molecule has 0 saturated heterocycles. The lowest BCUT2D eigenvalue weighted by molar-refractivity contribution is -0.276. The van der Waals surface area contributed by atoms with Gasteiger partial charge in [0.1, 0.15) is 22.6 Å². The number of thiophene rings is 1. The van der Waals surface area contributed by atoms with Crippen LogP contribution in [0.5, 0.6) is 0 Å². The van der Waals surface area contributed by atoms with E-state index >= 15 is 0 Å². The van der Waals surface area contributed by atoms with Gasteiger partial charge in [-0.15, -0.1) is 22.7 Å². The monoisotopic (exact) mass is 596 g/mol. The first kappa shape index (κ1) is 27.8. The first-order chi connectivity index (χ1) is 17.7. The Bertz CT molecular complexity index is 1490. The van der Waals surface area contributed by atoms with Gasteiger partial charge in [-0.3, -0.25) is 4.79 Å². The number of thiazole rings is 1. The number of rotatable bonds is 5. The molecule has 1 amide bonds. The van der Waals surface area contributed by atoms with Gasteiger partial charge in [0.2, 0.25) is 0 Å². The predicted molar refractivity (Wildman–Crippen MR) is 123 cm³/mol. The van der Waals surface area contributed by atoms with Gasteiger partial charge in [-0.05, 0) is 30.7 Å². The minimum atomic E-state index is -5.39. The highest BCUT2D eigenvalue weighted by Crippen LogP contribution is 2.51. The molecule has 1 aromatic carbocycles. The molecule has 4 rings (SSSR count). The van der Waals surface area contributed by atoms with E-state index < -0.39 is 52.2 Å². The molecule has 38 heavy (non-hydrogen) atoms. The minimum Gasteiger partial charge on any atom is -0.374 e. The number of benzene rings is 1. The van der Waals surface area contributed by atoms with Gasteiger partial charge < -0.3 is 10.2 Å². The highest BCUT2D eigenvalue weighted by atomic mass is 35.5. The van der Waals surface area contributed by atoms with Crippen molar-refractivity contribution in [2.45, 2.75) is 37.8 Å². The van der Waals surface area contributed by atoms with Crippen molar-refractivity contribution in [3.05, 3.63) is 71.6 Å². The van der Waals surface area contributed by atoms with Crippen LogP contribution in [-0.2, 0) is 23.2 Å². The Morgan fingerprint density at radius 2 is 1.97 bits per heavy atom. The Kier molecular flexibility index (Phi) is 7.19. The molecule has 2 aromatic heterocycles. The number of nitrogens with zero attached hydrogens (tertiary/aromatic N) is 3. The van der Waals surface area contributed by atoms with Crippen molar-refractivity contribution >= 4 is 45.9 Å². The van der Waals surface area contributed by atoms with Crippen molar-refractivity contribution in [2.24, 2.45) is 5.16 Å². The number of aromatic nitrogens is 1. The fourth-order valence-electron chi connectivity index (χ4n) is 3.59. The molecule has 0 fully saturated rings. The largest absolute Gasteiger partial charge is 0.435 e. The molecule has 0 aliphatic carbocycles. The molecular weight excluding hydrogens is 585 g/mol. The third-order valence-corrected chi connectivity index (χ3v) is 7.86. The molecule has 0 unspecified atom stereocenters. The molecule has 6 nitrogen and oxygen atoms in total. The van der Waals surface area contributed by atoms with E-state index in [0.29, 0.717) is 10.6 Å². The fraction of sp³-hybridized carbons (Fsp3) is 0.273. The molecule has 1 atom stereocenters. The zero-order valence-electron chi connectivity index (χ0n) is 18.7. The highest BCUT2D eigenvalue weighted by Gasteiger charge is 2.64. The Morgan fingerprint density at radius 1 is 1.26 bits per heavy atom. The van der Waals surface area contributed by atoms with Crippen LogP contribution in [0.2, 0.25) is 5.02 Å². The number of oxime groups is 1. The predicted octanol–water partition coefficient (Wildman–Crippen LogP) is 6.71. The lowest BCUT2D eigenvalue weighted by Crippen LogP contribution is -2.43. The molecule has 0 bridgehead atoms. The molecule has 16 heteroatoms. The van der Waals surface area contributed by atoms with Crippen LogP contribution in [0.15, 0.2) is 28.7 Å². The summed E-state index contributed by atoms with van der Waals surface area (Å²) in [5.74, 6) is -2.30. The number of alkyl halides is 6. The maximum absolute atomic E-state index is 14.7. The van der Waals surface area contributed by atoms with Crippen LogP contribution in [0.1, 0.15) is 48.4 Å². The Labute approximate surface area is 222 Å². The average Bonchev–Trinajstić information content (AvgIpc) is 3.56. The summed E-state index contributed by atoms with van der Waals surface area (Å²) in [4.78, 5) is 21.5. The standard InChI is InChI=1S/C22H12ClF7N4O2S2/c1-9-2-15(38-18(9)19(35)32-7-16-33-11(6-31)8-37-16)14-5-20(36-34-14,22(28,29)30)12-3-10(21(25,26)27)4-13(23)17(12)24/h2-4,8H,5,7H2,1H3,(H,32,35)/t20-/m1/s1. The van der Waals surface area contributed by atoms with Crippen molar-refractivity contribution in [2.75, 3.05) is 0 Å². The zero-order valence-corrected chi connectivity index (χ0v) is 21.1. The number of nitrogens with one attached hydrogen (secondary N) is 1. The molecule has 3 heterocycles. The van der Waals surface area contributed by atoms with E-state index in [1.165, 1.54) is 18.4 Å². The molecule has 3 aromatic rings. The van der Waals surface area contributed by atoms with Crippen LogP contribution in [-0.4, -0.2) is 22.8 Å². The molecule has 0 saturated carbocycles. The summed E-state index contributed by atoms with van der Waals surface area (Å²) < 4.78 is 97.3. The maximum Gasteiger partial charge on any atom is 0.435 e. The van der Waals surface area contributed by atoms with E-state index in [4.69, 9.17) is 16.9 Å². The van der Waals surface area contributed by atoms with Gasteiger partial charge >= 0.3 is 12.4 Å². The van der Waals surface area contributed by atoms with Crippen molar-refractivity contribution in [1.29, 1.82) is 5.26 Å². The van der Waals surface area contributed by atoms with Crippen molar-refractivity contribution in [1.82, 2.24) is 10.3 Å². The summed E-state index contributed by atoms with van der Waals surface area (Å²) in [6.07, 6.45) is -11.7. The third-order valence-electron chi connectivity index (χ3n) is 5.45. The number of carbonyl (C=O) groups excluding carboxylic acids is 1. The van der Waals surface area contributed by atoms with E-state index in [9.17, 15) is 35.5 Å². The first-order valence-electron chi connectivity index (χ1n) is 10.3. The topological polar surface area (TPSA) is 87.4 Å². The SMILES string of the molecule is Cc1cc(C2=NO[C@](c3cc(C(F)(F)F)cc(Cl)c3F)(C(F)(F)F)C2)sc1C(=O)NCc1nc(C#N)cs1. The molecule has 0 spiro atoms. The number of halogens is 8. The van der Waals surface area contributed by atoms with Crippen LogP contribution in [0.4, 0.5) is 30.7 Å². The zero-order chi connectivity index (χ0) is 28.0. The first-order valence-corrected chi connectivity index (χ1v) is 12.4.